The maximum absolute atomic E-state index is 12.3. The van der Waals surface area contributed by atoms with Gasteiger partial charge in [0, 0.05) is 23.5 Å². The number of rotatable bonds is 3. The second kappa shape index (κ2) is 6.27. The molecule has 0 atom stereocenters. The van der Waals surface area contributed by atoms with Crippen LogP contribution in [0.3, 0.4) is 0 Å². The van der Waals surface area contributed by atoms with Gasteiger partial charge in [0.15, 0.2) is 0 Å². The molecular weight excluding hydrogens is 290 g/mol. The lowest BCUT2D eigenvalue weighted by molar-refractivity contribution is 0.102. The van der Waals surface area contributed by atoms with Crippen LogP contribution in [0.1, 0.15) is 15.9 Å². The van der Waals surface area contributed by atoms with Crippen molar-refractivity contribution in [1.29, 1.82) is 0 Å². The molecule has 2 heterocycles. The van der Waals surface area contributed by atoms with Crippen LogP contribution in [0.4, 0.5) is 5.69 Å². The Labute approximate surface area is 133 Å². The lowest BCUT2D eigenvalue weighted by atomic mass is 10.1. The monoisotopic (exact) mass is 305 g/mol. The molecule has 3 aromatic rings. The number of amides is 1. The molecule has 0 unspecified atom stereocenters. The molecule has 0 spiro atoms. The molecule has 5 heteroatoms. The van der Waals surface area contributed by atoms with Crippen LogP contribution in [0, 0.1) is 6.92 Å². The standard InChI is InChI=1S/C18H15N3O2/c1-12-4-2-5-13(8-12)16-9-14(10-17(22)21-16)18(23)20-15-6-3-7-19-11-15/h2-11H,1H3,(H,20,23)(H,21,22). The highest BCUT2D eigenvalue weighted by Crippen LogP contribution is 2.18. The Morgan fingerprint density at radius 2 is 2.00 bits per heavy atom. The minimum atomic E-state index is -0.349. The van der Waals surface area contributed by atoms with E-state index in [-0.39, 0.29) is 11.5 Å². The molecule has 0 fully saturated rings. The van der Waals surface area contributed by atoms with E-state index in [0.717, 1.165) is 11.1 Å². The highest BCUT2D eigenvalue weighted by molar-refractivity contribution is 6.04. The summed E-state index contributed by atoms with van der Waals surface area (Å²) in [7, 11) is 0. The Morgan fingerprint density at radius 1 is 1.13 bits per heavy atom. The van der Waals surface area contributed by atoms with Crippen LogP contribution >= 0.6 is 0 Å². The number of carbonyl (C=O) groups excluding carboxylic acids is 1. The summed E-state index contributed by atoms with van der Waals surface area (Å²) in [5.74, 6) is -0.349. The predicted octanol–water partition coefficient (Wildman–Crippen LogP) is 3.00. The topological polar surface area (TPSA) is 74.8 Å². The summed E-state index contributed by atoms with van der Waals surface area (Å²) in [6.07, 6.45) is 3.17. The van der Waals surface area contributed by atoms with Crippen molar-refractivity contribution < 1.29 is 4.79 Å². The van der Waals surface area contributed by atoms with Crippen molar-refractivity contribution in [3.8, 4) is 11.3 Å². The van der Waals surface area contributed by atoms with Crippen LogP contribution in [0.25, 0.3) is 11.3 Å². The van der Waals surface area contributed by atoms with Crippen LogP contribution in [-0.2, 0) is 0 Å². The molecule has 114 valence electrons. The average Bonchev–Trinajstić information content (AvgIpc) is 2.55. The first-order chi connectivity index (χ1) is 11.1. The van der Waals surface area contributed by atoms with Gasteiger partial charge in [0.05, 0.1) is 11.9 Å². The summed E-state index contributed by atoms with van der Waals surface area (Å²) in [6.45, 7) is 1.97. The fourth-order valence-corrected chi connectivity index (χ4v) is 2.28. The van der Waals surface area contributed by atoms with E-state index in [2.05, 4.69) is 15.3 Å². The number of benzene rings is 1. The number of carbonyl (C=O) groups is 1. The molecule has 1 aromatic carbocycles. The van der Waals surface area contributed by atoms with Crippen molar-refractivity contribution in [3.63, 3.8) is 0 Å². The number of aromatic amines is 1. The number of hydrogen-bond donors (Lipinski definition) is 2. The Balaban J connectivity index is 1.94. The average molecular weight is 305 g/mol. The van der Waals surface area contributed by atoms with Crippen LogP contribution < -0.4 is 10.9 Å². The molecule has 5 nitrogen and oxygen atoms in total. The van der Waals surface area contributed by atoms with Crippen molar-refractivity contribution in [3.05, 3.63) is 82.4 Å². The second-order valence-corrected chi connectivity index (χ2v) is 5.21. The SMILES string of the molecule is Cc1cccc(-c2cc(C(=O)Nc3cccnc3)cc(=O)[nH]2)c1. The molecule has 0 aliphatic carbocycles. The second-order valence-electron chi connectivity index (χ2n) is 5.21. The number of aromatic nitrogens is 2. The highest BCUT2D eigenvalue weighted by atomic mass is 16.2. The lowest BCUT2D eigenvalue weighted by Crippen LogP contribution is -2.16. The number of hydrogen-bond acceptors (Lipinski definition) is 3. The maximum Gasteiger partial charge on any atom is 0.255 e. The van der Waals surface area contributed by atoms with Crippen LogP contribution in [-0.4, -0.2) is 15.9 Å². The van der Waals surface area contributed by atoms with Crippen molar-refractivity contribution in [1.82, 2.24) is 9.97 Å². The minimum absolute atomic E-state index is 0.300. The van der Waals surface area contributed by atoms with Crippen LogP contribution in [0.5, 0.6) is 0 Å². The minimum Gasteiger partial charge on any atom is -0.322 e. The molecule has 0 aliphatic heterocycles. The van der Waals surface area contributed by atoms with E-state index < -0.39 is 0 Å². The van der Waals surface area contributed by atoms with Gasteiger partial charge in [0.2, 0.25) is 5.56 Å². The Morgan fingerprint density at radius 3 is 2.74 bits per heavy atom. The molecule has 0 bridgehead atoms. The Bertz CT molecular complexity index is 901. The van der Waals surface area contributed by atoms with Crippen LogP contribution in [0.2, 0.25) is 0 Å². The van der Waals surface area contributed by atoms with E-state index in [1.165, 1.54) is 6.07 Å². The molecule has 0 radical (unpaired) electrons. The van der Waals surface area contributed by atoms with Crippen molar-refractivity contribution in [2.45, 2.75) is 6.92 Å². The first kappa shape index (κ1) is 14.7. The zero-order chi connectivity index (χ0) is 16.2. The van der Waals surface area contributed by atoms with Gasteiger partial charge in [-0.25, -0.2) is 0 Å². The summed E-state index contributed by atoms with van der Waals surface area (Å²) in [5.41, 5.74) is 3.11. The number of pyridine rings is 2. The smallest absolute Gasteiger partial charge is 0.255 e. The highest BCUT2D eigenvalue weighted by Gasteiger charge is 2.10. The number of nitrogens with one attached hydrogen (secondary N) is 2. The van der Waals surface area contributed by atoms with Crippen LogP contribution in [0.15, 0.2) is 65.7 Å². The van der Waals surface area contributed by atoms with E-state index >= 15 is 0 Å². The van der Waals surface area contributed by atoms with Gasteiger partial charge in [0.25, 0.3) is 5.91 Å². The Hall–Kier alpha value is -3.21. The van der Waals surface area contributed by atoms with Gasteiger partial charge in [-0.05, 0) is 36.8 Å². The van der Waals surface area contributed by atoms with Gasteiger partial charge < -0.3 is 10.3 Å². The molecule has 0 saturated carbocycles. The molecule has 2 aromatic heterocycles. The van der Waals surface area contributed by atoms with E-state index in [1.54, 1.807) is 30.6 Å². The third kappa shape index (κ3) is 3.52. The van der Waals surface area contributed by atoms with E-state index in [1.807, 2.05) is 31.2 Å². The molecule has 2 N–H and O–H groups in total. The summed E-state index contributed by atoms with van der Waals surface area (Å²) in [4.78, 5) is 30.9. The van der Waals surface area contributed by atoms with Crippen molar-refractivity contribution in [2.24, 2.45) is 0 Å². The largest absolute Gasteiger partial charge is 0.322 e. The van der Waals surface area contributed by atoms with E-state index in [0.29, 0.717) is 16.9 Å². The van der Waals surface area contributed by atoms with Gasteiger partial charge in [-0.2, -0.15) is 0 Å². The van der Waals surface area contributed by atoms with Gasteiger partial charge in [-0.3, -0.25) is 14.6 Å². The van der Waals surface area contributed by atoms with Gasteiger partial charge in [-0.15, -0.1) is 0 Å². The molecule has 23 heavy (non-hydrogen) atoms. The third-order valence-corrected chi connectivity index (χ3v) is 3.35. The number of H-pyrrole nitrogens is 1. The van der Waals surface area contributed by atoms with E-state index in [9.17, 15) is 9.59 Å². The lowest BCUT2D eigenvalue weighted by Gasteiger charge is -2.07. The Kier molecular flexibility index (Phi) is 4.01. The predicted molar refractivity (Wildman–Crippen MR) is 89.4 cm³/mol. The molecule has 0 saturated heterocycles. The molecule has 0 aliphatic rings. The van der Waals surface area contributed by atoms with Gasteiger partial charge in [-0.1, -0.05) is 23.8 Å². The number of anilines is 1. The zero-order valence-corrected chi connectivity index (χ0v) is 12.5. The quantitative estimate of drug-likeness (QED) is 0.781. The fourth-order valence-electron chi connectivity index (χ4n) is 2.28. The summed E-state index contributed by atoms with van der Waals surface area (Å²) in [6, 6.07) is 14.1. The zero-order valence-electron chi connectivity index (χ0n) is 12.5. The number of aryl methyl sites for hydroxylation is 1. The normalized spacial score (nSPS) is 10.3. The first-order valence-corrected chi connectivity index (χ1v) is 7.14. The summed E-state index contributed by atoms with van der Waals surface area (Å²) in [5, 5.41) is 2.72. The number of nitrogens with zero attached hydrogens (tertiary/aromatic N) is 1. The van der Waals surface area contributed by atoms with Crippen molar-refractivity contribution >= 4 is 11.6 Å². The summed E-state index contributed by atoms with van der Waals surface area (Å²) >= 11 is 0. The molecule has 1 amide bonds. The fraction of sp³-hybridized carbons (Fsp3) is 0.0556. The molecule has 3 rings (SSSR count). The third-order valence-electron chi connectivity index (χ3n) is 3.35. The summed E-state index contributed by atoms with van der Waals surface area (Å²) < 4.78 is 0. The first-order valence-electron chi connectivity index (χ1n) is 7.14. The van der Waals surface area contributed by atoms with Crippen molar-refractivity contribution in [2.75, 3.05) is 5.32 Å². The van der Waals surface area contributed by atoms with E-state index in [4.69, 9.17) is 0 Å². The molecular formula is C18H15N3O2. The van der Waals surface area contributed by atoms with Gasteiger partial charge >= 0.3 is 0 Å². The maximum atomic E-state index is 12.3. The van der Waals surface area contributed by atoms with Gasteiger partial charge in [0.1, 0.15) is 0 Å².